The van der Waals surface area contributed by atoms with Gasteiger partial charge in [0.1, 0.15) is 5.82 Å². The molecule has 144 valence electrons. The highest BCUT2D eigenvalue weighted by molar-refractivity contribution is 6.60. The highest BCUT2D eigenvalue weighted by Gasteiger charge is 2.54. The summed E-state index contributed by atoms with van der Waals surface area (Å²) in [5.74, 6) is -1.59. The van der Waals surface area contributed by atoms with Gasteiger partial charge in [-0.15, -0.1) is 0 Å². The van der Waals surface area contributed by atoms with E-state index in [9.17, 15) is 19.1 Å². The predicted octanol–water partition coefficient (Wildman–Crippen LogP) is 1.14. The van der Waals surface area contributed by atoms with Gasteiger partial charge in [-0.3, -0.25) is 10.2 Å². The van der Waals surface area contributed by atoms with Crippen molar-refractivity contribution in [3.05, 3.63) is 29.0 Å². The van der Waals surface area contributed by atoms with Gasteiger partial charge in [-0.1, -0.05) is 18.0 Å². The second-order valence-electron chi connectivity index (χ2n) is 6.33. The van der Waals surface area contributed by atoms with Crippen molar-refractivity contribution >= 4 is 41.2 Å². The van der Waals surface area contributed by atoms with E-state index in [1.807, 2.05) is 0 Å². The van der Waals surface area contributed by atoms with Gasteiger partial charge in [-0.05, 0) is 25.0 Å². The molecule has 0 spiro atoms. The standard InChI is InChI=1S/C16H18ClFN6O3/c17-10-5-4-9(6-11(10)18)23-24-12(7-19)13(25)21-16(8-2-1-3-8)14(26)20-15(27)22-16/h4-8,14,19,23,26H,1-3H2,(H,21,25)(H2,20,22,27)/b19-7?,24-12+. The first-order valence-corrected chi connectivity index (χ1v) is 8.62. The van der Waals surface area contributed by atoms with E-state index in [4.69, 9.17) is 17.0 Å². The van der Waals surface area contributed by atoms with Crippen LogP contribution in [0.1, 0.15) is 19.3 Å². The normalized spacial score (nSPS) is 25.2. The van der Waals surface area contributed by atoms with Gasteiger partial charge in [-0.2, -0.15) is 5.10 Å². The van der Waals surface area contributed by atoms with Crippen LogP contribution in [0, 0.1) is 17.1 Å². The van der Waals surface area contributed by atoms with Crippen molar-refractivity contribution in [2.75, 3.05) is 5.43 Å². The number of aliphatic hydroxyl groups excluding tert-OH is 1. The van der Waals surface area contributed by atoms with E-state index in [0.717, 1.165) is 25.3 Å². The maximum absolute atomic E-state index is 13.5. The Bertz CT molecular complexity index is 815. The Morgan fingerprint density at radius 1 is 1.48 bits per heavy atom. The number of amides is 3. The average molecular weight is 397 g/mol. The lowest BCUT2D eigenvalue weighted by molar-refractivity contribution is -0.121. The third kappa shape index (κ3) is 3.71. The van der Waals surface area contributed by atoms with Crippen molar-refractivity contribution in [1.29, 1.82) is 5.41 Å². The van der Waals surface area contributed by atoms with Crippen LogP contribution in [-0.4, -0.2) is 40.9 Å². The molecule has 6 N–H and O–H groups in total. The van der Waals surface area contributed by atoms with Crippen LogP contribution in [0.5, 0.6) is 0 Å². The minimum Gasteiger partial charge on any atom is -0.369 e. The fourth-order valence-electron chi connectivity index (χ4n) is 3.01. The van der Waals surface area contributed by atoms with E-state index in [1.165, 1.54) is 12.1 Å². The number of carbonyl (C=O) groups excluding carboxylic acids is 2. The molecule has 0 radical (unpaired) electrons. The van der Waals surface area contributed by atoms with Crippen molar-refractivity contribution in [3.8, 4) is 0 Å². The number of hydrogen-bond acceptors (Lipinski definition) is 6. The highest BCUT2D eigenvalue weighted by atomic mass is 35.5. The number of halogens is 2. The van der Waals surface area contributed by atoms with Crippen LogP contribution in [0.4, 0.5) is 14.9 Å². The molecular formula is C16H18ClFN6O3. The Hall–Kier alpha value is -2.72. The van der Waals surface area contributed by atoms with Gasteiger partial charge in [0, 0.05) is 12.0 Å². The minimum absolute atomic E-state index is 0.0598. The minimum atomic E-state index is -1.37. The lowest BCUT2D eigenvalue weighted by atomic mass is 9.75. The molecule has 27 heavy (non-hydrogen) atoms. The molecule has 1 heterocycles. The molecule has 1 aromatic rings. The van der Waals surface area contributed by atoms with Crippen LogP contribution < -0.4 is 21.4 Å². The number of nitrogens with one attached hydrogen (secondary N) is 5. The van der Waals surface area contributed by atoms with Crippen LogP contribution in [-0.2, 0) is 4.79 Å². The largest absolute Gasteiger partial charge is 0.369 e. The van der Waals surface area contributed by atoms with Crippen molar-refractivity contribution in [2.24, 2.45) is 11.0 Å². The first-order chi connectivity index (χ1) is 12.9. The fourth-order valence-corrected chi connectivity index (χ4v) is 3.13. The highest BCUT2D eigenvalue weighted by Crippen LogP contribution is 2.37. The monoisotopic (exact) mass is 396 g/mol. The van der Waals surface area contributed by atoms with Gasteiger partial charge in [-0.25, -0.2) is 9.18 Å². The van der Waals surface area contributed by atoms with E-state index in [-0.39, 0.29) is 22.3 Å². The molecule has 2 atom stereocenters. The third-order valence-electron chi connectivity index (χ3n) is 4.68. The third-order valence-corrected chi connectivity index (χ3v) is 4.99. The lowest BCUT2D eigenvalue weighted by Gasteiger charge is -2.43. The Morgan fingerprint density at radius 2 is 2.22 bits per heavy atom. The molecule has 2 fully saturated rings. The molecule has 0 bridgehead atoms. The first-order valence-electron chi connectivity index (χ1n) is 8.24. The number of hydrogen-bond donors (Lipinski definition) is 6. The molecule has 1 aliphatic carbocycles. The number of urea groups is 1. The zero-order valence-corrected chi connectivity index (χ0v) is 14.8. The summed E-state index contributed by atoms with van der Waals surface area (Å²) in [4.78, 5) is 24.2. The molecule has 2 aliphatic rings. The van der Waals surface area contributed by atoms with Gasteiger partial charge in [0.05, 0.1) is 16.9 Å². The van der Waals surface area contributed by atoms with Crippen LogP contribution in [0.2, 0.25) is 5.02 Å². The Morgan fingerprint density at radius 3 is 2.74 bits per heavy atom. The first kappa shape index (κ1) is 19.1. The van der Waals surface area contributed by atoms with Crippen LogP contribution in [0.15, 0.2) is 23.3 Å². The molecule has 2 unspecified atom stereocenters. The van der Waals surface area contributed by atoms with E-state index in [0.29, 0.717) is 6.21 Å². The number of nitrogens with zero attached hydrogens (tertiary/aromatic N) is 1. The maximum atomic E-state index is 13.5. The molecular weight excluding hydrogens is 379 g/mol. The Labute approximate surface area is 158 Å². The maximum Gasteiger partial charge on any atom is 0.318 e. The summed E-state index contributed by atoms with van der Waals surface area (Å²) in [6, 6.07) is 3.26. The molecule has 0 aromatic heterocycles. The van der Waals surface area contributed by atoms with E-state index < -0.39 is 29.6 Å². The second kappa shape index (κ2) is 7.49. The van der Waals surface area contributed by atoms with Crippen molar-refractivity contribution in [1.82, 2.24) is 16.0 Å². The topological polar surface area (TPSA) is 139 Å². The molecule has 11 heteroatoms. The van der Waals surface area contributed by atoms with Crippen LogP contribution >= 0.6 is 11.6 Å². The summed E-state index contributed by atoms with van der Waals surface area (Å²) >= 11 is 5.60. The molecule has 1 aromatic carbocycles. The van der Waals surface area contributed by atoms with E-state index in [1.54, 1.807) is 0 Å². The second-order valence-corrected chi connectivity index (χ2v) is 6.74. The zero-order chi connectivity index (χ0) is 19.6. The van der Waals surface area contributed by atoms with Gasteiger partial charge in [0.15, 0.2) is 17.6 Å². The van der Waals surface area contributed by atoms with E-state index in [2.05, 4.69) is 26.5 Å². The van der Waals surface area contributed by atoms with Crippen molar-refractivity contribution in [2.45, 2.75) is 31.2 Å². The molecule has 3 amide bonds. The number of benzene rings is 1. The van der Waals surface area contributed by atoms with Crippen LogP contribution in [0.25, 0.3) is 0 Å². The summed E-state index contributed by atoms with van der Waals surface area (Å²) in [5, 5.41) is 28.8. The van der Waals surface area contributed by atoms with Crippen molar-refractivity contribution in [3.63, 3.8) is 0 Å². The van der Waals surface area contributed by atoms with E-state index >= 15 is 0 Å². The molecule has 1 saturated heterocycles. The zero-order valence-electron chi connectivity index (χ0n) is 14.1. The molecule has 1 saturated carbocycles. The summed E-state index contributed by atoms with van der Waals surface area (Å²) in [5.41, 5.74) is 1.01. The van der Waals surface area contributed by atoms with Gasteiger partial charge >= 0.3 is 6.03 Å². The smallest absolute Gasteiger partial charge is 0.318 e. The molecule has 3 rings (SSSR count). The fraction of sp³-hybridized carbons (Fsp3) is 0.375. The molecule has 9 nitrogen and oxygen atoms in total. The number of rotatable bonds is 6. The number of hydrazone groups is 1. The lowest BCUT2D eigenvalue weighted by Crippen LogP contribution is -2.69. The predicted molar refractivity (Wildman–Crippen MR) is 97.1 cm³/mol. The Kier molecular flexibility index (Phi) is 5.29. The van der Waals surface area contributed by atoms with Gasteiger partial charge in [0.25, 0.3) is 5.91 Å². The molecule has 1 aliphatic heterocycles. The number of carbonyl (C=O) groups is 2. The summed E-state index contributed by atoms with van der Waals surface area (Å²) in [6.45, 7) is 0. The Balaban J connectivity index is 1.76. The quantitative estimate of drug-likeness (QED) is 0.317. The summed E-state index contributed by atoms with van der Waals surface area (Å²) < 4.78 is 13.5. The van der Waals surface area contributed by atoms with Crippen molar-refractivity contribution < 1.29 is 19.1 Å². The van der Waals surface area contributed by atoms with Gasteiger partial charge < -0.3 is 26.5 Å². The SMILES string of the molecule is N=C/C(=N\Nc1ccc(Cl)c(F)c1)C(=O)NC1(C2CCC2)NC(=O)NC1O. The van der Waals surface area contributed by atoms with Crippen LogP contribution in [0.3, 0.4) is 0 Å². The number of anilines is 1. The average Bonchev–Trinajstić information content (AvgIpc) is 2.83. The summed E-state index contributed by atoms with van der Waals surface area (Å²) in [7, 11) is 0. The van der Waals surface area contributed by atoms with Gasteiger partial charge in [0.2, 0.25) is 0 Å². The number of aliphatic hydroxyl groups is 1. The summed E-state index contributed by atoms with van der Waals surface area (Å²) in [6.07, 6.45) is 1.75.